The summed E-state index contributed by atoms with van der Waals surface area (Å²) >= 11 is 0. The lowest BCUT2D eigenvalue weighted by atomic mass is 10.2. The Kier molecular flexibility index (Phi) is 12.1. The second-order valence-electron chi connectivity index (χ2n) is 4.25. The highest BCUT2D eigenvalue weighted by Gasteiger charge is 2.39. The largest absolute Gasteiger partial charge is 0.500 e. The van der Waals surface area contributed by atoms with Crippen molar-refractivity contribution in [2.75, 3.05) is 33.4 Å². The van der Waals surface area contributed by atoms with Crippen LogP contribution in [0.25, 0.3) is 0 Å². The topological polar surface area (TPSA) is 39.7 Å². The Morgan fingerprint density at radius 2 is 1.28 bits per heavy atom. The van der Waals surface area contributed by atoms with Crippen molar-refractivity contribution in [2.24, 2.45) is 0 Å². The summed E-state index contributed by atoms with van der Waals surface area (Å²) in [7, 11) is -0.382. The maximum absolute atomic E-state index is 5.82. The molecule has 110 valence electrons. The van der Waals surface area contributed by atoms with Crippen molar-refractivity contribution in [3.05, 3.63) is 0 Å². The maximum Gasteiger partial charge on any atom is 0.500 e. The van der Waals surface area contributed by atoms with Gasteiger partial charge in [0.2, 0.25) is 0 Å². The summed E-state index contributed by atoms with van der Waals surface area (Å²) in [5.41, 5.74) is 0. The fourth-order valence-electron chi connectivity index (χ4n) is 2.00. The summed E-state index contributed by atoms with van der Waals surface area (Å²) in [6, 6.07) is 0.947. The second kappa shape index (κ2) is 12.1. The van der Waals surface area contributed by atoms with Crippen LogP contribution in [0.5, 0.6) is 0 Å². The summed E-state index contributed by atoms with van der Waals surface area (Å²) in [6.45, 7) is 9.14. The fourth-order valence-corrected chi connectivity index (χ4v) is 4.68. The van der Waals surface area contributed by atoms with E-state index in [2.05, 4.69) is 5.32 Å². The molecule has 4 nitrogen and oxygen atoms in total. The molecule has 0 atom stereocenters. The molecule has 5 heteroatoms. The maximum atomic E-state index is 5.82. The molecule has 0 saturated carbocycles. The Labute approximate surface area is 114 Å². The molecule has 0 radical (unpaired) electrons. The van der Waals surface area contributed by atoms with E-state index in [0.29, 0.717) is 19.8 Å². The van der Waals surface area contributed by atoms with E-state index >= 15 is 0 Å². The third-order valence-corrected chi connectivity index (χ3v) is 5.90. The Balaban J connectivity index is 3.97. The SMILES string of the molecule is CCO[Si](CCCCCCNC)(OCC)OCC. The summed E-state index contributed by atoms with van der Waals surface area (Å²) < 4.78 is 17.5. The minimum Gasteiger partial charge on any atom is -0.374 e. The monoisotopic (exact) mass is 277 g/mol. The molecule has 0 aromatic heterocycles. The molecule has 0 aromatic rings. The second-order valence-corrected chi connectivity index (χ2v) is 6.98. The van der Waals surface area contributed by atoms with Gasteiger partial charge in [0.25, 0.3) is 0 Å². The van der Waals surface area contributed by atoms with Gasteiger partial charge in [-0.25, -0.2) is 0 Å². The first-order chi connectivity index (χ1) is 8.74. The van der Waals surface area contributed by atoms with E-state index in [-0.39, 0.29) is 0 Å². The molecular weight excluding hydrogens is 246 g/mol. The standard InChI is InChI=1S/C13H31NO3Si/c1-5-15-18(16-6-2,17-7-3)13-11-9-8-10-12-14-4/h14H,5-13H2,1-4H3. The Morgan fingerprint density at radius 3 is 1.72 bits per heavy atom. The minimum absolute atomic E-state index is 0.673. The number of rotatable bonds is 13. The van der Waals surface area contributed by atoms with Crippen molar-refractivity contribution in [1.82, 2.24) is 5.32 Å². The third-order valence-electron chi connectivity index (χ3n) is 2.75. The molecule has 0 heterocycles. The van der Waals surface area contributed by atoms with Crippen LogP contribution in [0.2, 0.25) is 6.04 Å². The number of hydrogen-bond acceptors (Lipinski definition) is 4. The van der Waals surface area contributed by atoms with Crippen LogP contribution in [0.1, 0.15) is 46.5 Å². The Morgan fingerprint density at radius 1 is 0.778 bits per heavy atom. The zero-order chi connectivity index (χ0) is 13.7. The van der Waals surface area contributed by atoms with Gasteiger partial charge in [-0.3, -0.25) is 0 Å². The molecule has 0 saturated heterocycles. The zero-order valence-electron chi connectivity index (χ0n) is 12.6. The molecule has 0 unspecified atom stereocenters. The smallest absolute Gasteiger partial charge is 0.374 e. The van der Waals surface area contributed by atoms with Crippen LogP contribution in [0.4, 0.5) is 0 Å². The third kappa shape index (κ3) is 8.21. The van der Waals surface area contributed by atoms with Gasteiger partial charge < -0.3 is 18.6 Å². The first-order valence-electron chi connectivity index (χ1n) is 7.31. The van der Waals surface area contributed by atoms with E-state index in [4.69, 9.17) is 13.3 Å². The van der Waals surface area contributed by atoms with Gasteiger partial charge in [-0.2, -0.15) is 0 Å². The predicted octanol–water partition coefficient (Wildman–Crippen LogP) is 2.81. The highest BCUT2D eigenvalue weighted by molar-refractivity contribution is 6.60. The number of unbranched alkanes of at least 4 members (excludes halogenated alkanes) is 3. The fraction of sp³-hybridized carbons (Fsp3) is 1.00. The van der Waals surface area contributed by atoms with Crippen LogP contribution in [0, 0.1) is 0 Å². The molecule has 0 amide bonds. The van der Waals surface area contributed by atoms with Crippen LogP contribution in [0.15, 0.2) is 0 Å². The van der Waals surface area contributed by atoms with Gasteiger partial charge in [0, 0.05) is 25.9 Å². The summed E-state index contributed by atoms with van der Waals surface area (Å²) in [5.74, 6) is 0. The van der Waals surface area contributed by atoms with Crippen molar-refractivity contribution < 1.29 is 13.3 Å². The van der Waals surface area contributed by atoms with Crippen LogP contribution >= 0.6 is 0 Å². The van der Waals surface area contributed by atoms with Gasteiger partial charge >= 0.3 is 8.80 Å². The van der Waals surface area contributed by atoms with Crippen molar-refractivity contribution in [2.45, 2.75) is 52.5 Å². The molecule has 0 spiro atoms. The lowest BCUT2D eigenvalue weighted by Crippen LogP contribution is -2.45. The van der Waals surface area contributed by atoms with Crippen LogP contribution in [-0.4, -0.2) is 42.2 Å². The molecule has 0 aliphatic rings. The highest BCUT2D eigenvalue weighted by atomic mass is 28.4. The van der Waals surface area contributed by atoms with Crippen molar-refractivity contribution >= 4 is 8.80 Å². The molecule has 0 aliphatic heterocycles. The molecule has 0 aromatic carbocycles. The van der Waals surface area contributed by atoms with Gasteiger partial charge in [-0.1, -0.05) is 12.8 Å². The first-order valence-corrected chi connectivity index (χ1v) is 9.24. The molecular formula is C13H31NO3Si. The van der Waals surface area contributed by atoms with Crippen molar-refractivity contribution in [3.63, 3.8) is 0 Å². The molecule has 1 N–H and O–H groups in total. The van der Waals surface area contributed by atoms with Crippen LogP contribution in [0.3, 0.4) is 0 Å². The van der Waals surface area contributed by atoms with E-state index in [1.54, 1.807) is 0 Å². The minimum atomic E-state index is -2.38. The summed E-state index contributed by atoms with van der Waals surface area (Å²) in [5, 5.41) is 3.17. The Hall–Kier alpha value is 0.0569. The molecule has 0 fully saturated rings. The predicted molar refractivity (Wildman–Crippen MR) is 77.8 cm³/mol. The molecule has 0 rings (SSSR count). The number of nitrogens with one attached hydrogen (secondary N) is 1. The quantitative estimate of drug-likeness (QED) is 0.415. The average molecular weight is 277 g/mol. The van der Waals surface area contributed by atoms with E-state index in [0.717, 1.165) is 19.0 Å². The summed E-state index contributed by atoms with van der Waals surface area (Å²) in [4.78, 5) is 0. The molecule has 0 aliphatic carbocycles. The number of hydrogen-bond donors (Lipinski definition) is 1. The lowest BCUT2D eigenvalue weighted by Gasteiger charge is -2.28. The van der Waals surface area contributed by atoms with E-state index < -0.39 is 8.80 Å². The molecule has 0 bridgehead atoms. The summed E-state index contributed by atoms with van der Waals surface area (Å²) in [6.07, 6.45) is 4.86. The first kappa shape index (κ1) is 18.1. The van der Waals surface area contributed by atoms with Crippen molar-refractivity contribution in [3.8, 4) is 0 Å². The highest BCUT2D eigenvalue weighted by Crippen LogP contribution is 2.20. The van der Waals surface area contributed by atoms with Gasteiger partial charge in [0.05, 0.1) is 0 Å². The van der Waals surface area contributed by atoms with Crippen molar-refractivity contribution in [1.29, 1.82) is 0 Å². The molecule has 18 heavy (non-hydrogen) atoms. The van der Waals surface area contributed by atoms with Gasteiger partial charge in [0.1, 0.15) is 0 Å². The lowest BCUT2D eigenvalue weighted by molar-refractivity contribution is 0.0706. The van der Waals surface area contributed by atoms with E-state index in [1.165, 1.54) is 19.3 Å². The van der Waals surface area contributed by atoms with Gasteiger partial charge in [0.15, 0.2) is 0 Å². The average Bonchev–Trinajstić information content (AvgIpc) is 2.35. The van der Waals surface area contributed by atoms with E-state index in [1.807, 2.05) is 27.8 Å². The Bertz CT molecular complexity index is 165. The zero-order valence-corrected chi connectivity index (χ0v) is 13.6. The normalized spacial score (nSPS) is 12.0. The van der Waals surface area contributed by atoms with Gasteiger partial charge in [-0.05, 0) is 47.2 Å². The van der Waals surface area contributed by atoms with Gasteiger partial charge in [-0.15, -0.1) is 0 Å². The van der Waals surface area contributed by atoms with Crippen LogP contribution in [-0.2, 0) is 13.3 Å². The van der Waals surface area contributed by atoms with E-state index in [9.17, 15) is 0 Å². The van der Waals surface area contributed by atoms with Crippen LogP contribution < -0.4 is 5.32 Å².